The van der Waals surface area contributed by atoms with Crippen LogP contribution in [0.3, 0.4) is 0 Å². The molecular formula is C17H17Cl2NO3S. The van der Waals surface area contributed by atoms with E-state index in [9.17, 15) is 13.2 Å². The molecule has 0 bridgehead atoms. The number of sulfonamides is 1. The molecule has 1 atom stereocenters. The van der Waals surface area contributed by atoms with Crippen molar-refractivity contribution in [3.05, 3.63) is 63.6 Å². The SMILES string of the molecule is Cc1ccc(C(=O)C(C)N(C)S(=O)(=O)c2ccc(Cl)c(Cl)c2)cc1. The van der Waals surface area contributed by atoms with E-state index < -0.39 is 16.1 Å². The molecule has 0 radical (unpaired) electrons. The summed E-state index contributed by atoms with van der Waals surface area (Å²) in [5, 5.41) is 0.408. The molecule has 0 aromatic heterocycles. The molecule has 0 aliphatic rings. The lowest BCUT2D eigenvalue weighted by Gasteiger charge is -2.23. The van der Waals surface area contributed by atoms with Gasteiger partial charge in [0, 0.05) is 12.6 Å². The van der Waals surface area contributed by atoms with Gasteiger partial charge < -0.3 is 0 Å². The first-order chi connectivity index (χ1) is 11.1. The average Bonchev–Trinajstić information content (AvgIpc) is 2.55. The molecule has 0 aliphatic heterocycles. The van der Waals surface area contributed by atoms with Gasteiger partial charge in [-0.2, -0.15) is 4.31 Å². The molecule has 0 amide bonds. The Balaban J connectivity index is 2.31. The number of likely N-dealkylation sites (N-methyl/N-ethyl adjacent to an activating group) is 1. The van der Waals surface area contributed by atoms with Crippen molar-refractivity contribution in [3.8, 4) is 0 Å². The van der Waals surface area contributed by atoms with Gasteiger partial charge in [0.25, 0.3) is 0 Å². The number of hydrogen-bond acceptors (Lipinski definition) is 3. The van der Waals surface area contributed by atoms with Crippen molar-refractivity contribution in [3.63, 3.8) is 0 Å². The van der Waals surface area contributed by atoms with E-state index >= 15 is 0 Å². The zero-order valence-corrected chi connectivity index (χ0v) is 15.8. The van der Waals surface area contributed by atoms with E-state index in [-0.39, 0.29) is 20.7 Å². The van der Waals surface area contributed by atoms with Crippen LogP contribution < -0.4 is 0 Å². The van der Waals surface area contributed by atoms with Gasteiger partial charge in [-0.25, -0.2) is 8.42 Å². The first-order valence-electron chi connectivity index (χ1n) is 7.18. The zero-order chi connectivity index (χ0) is 18.1. The van der Waals surface area contributed by atoms with E-state index in [1.807, 2.05) is 19.1 Å². The predicted octanol–water partition coefficient (Wildman–Crippen LogP) is 4.19. The number of hydrogen-bond donors (Lipinski definition) is 0. The monoisotopic (exact) mass is 385 g/mol. The highest BCUT2D eigenvalue weighted by atomic mass is 35.5. The first kappa shape index (κ1) is 18.9. The number of nitrogens with zero attached hydrogens (tertiary/aromatic N) is 1. The Bertz CT molecular complexity index is 864. The third-order valence-corrected chi connectivity index (χ3v) is 6.49. The third-order valence-electron chi connectivity index (χ3n) is 3.83. The molecule has 0 saturated carbocycles. The second kappa shape index (κ2) is 7.23. The van der Waals surface area contributed by atoms with Crippen LogP contribution >= 0.6 is 23.2 Å². The summed E-state index contributed by atoms with van der Waals surface area (Å²) >= 11 is 11.7. The lowest BCUT2D eigenvalue weighted by atomic mass is 10.0. The van der Waals surface area contributed by atoms with Crippen molar-refractivity contribution in [2.75, 3.05) is 7.05 Å². The fourth-order valence-corrected chi connectivity index (χ4v) is 3.85. The van der Waals surface area contributed by atoms with Crippen molar-refractivity contribution < 1.29 is 13.2 Å². The van der Waals surface area contributed by atoms with Gasteiger partial charge in [0.05, 0.1) is 21.0 Å². The average molecular weight is 386 g/mol. The number of rotatable bonds is 5. The van der Waals surface area contributed by atoms with E-state index in [1.165, 1.54) is 25.2 Å². The molecule has 2 aromatic carbocycles. The normalized spacial score (nSPS) is 13.1. The van der Waals surface area contributed by atoms with Gasteiger partial charge in [-0.3, -0.25) is 4.79 Å². The third kappa shape index (κ3) is 3.81. The number of ketones is 1. The smallest absolute Gasteiger partial charge is 0.243 e. The molecule has 0 N–H and O–H groups in total. The molecular weight excluding hydrogens is 369 g/mol. The maximum Gasteiger partial charge on any atom is 0.243 e. The summed E-state index contributed by atoms with van der Waals surface area (Å²) in [6, 6.07) is 10.2. The van der Waals surface area contributed by atoms with Crippen molar-refractivity contribution in [1.82, 2.24) is 4.31 Å². The van der Waals surface area contributed by atoms with Crippen LogP contribution in [0.15, 0.2) is 47.4 Å². The zero-order valence-electron chi connectivity index (χ0n) is 13.5. The fraction of sp³-hybridized carbons (Fsp3) is 0.235. The predicted molar refractivity (Wildman–Crippen MR) is 96.4 cm³/mol. The summed E-state index contributed by atoms with van der Waals surface area (Å²) in [5.41, 5.74) is 1.49. The van der Waals surface area contributed by atoms with Crippen molar-refractivity contribution in [2.45, 2.75) is 24.8 Å². The molecule has 4 nitrogen and oxygen atoms in total. The van der Waals surface area contributed by atoms with Gasteiger partial charge >= 0.3 is 0 Å². The Labute approximate surface area is 152 Å². The van der Waals surface area contributed by atoms with Crippen LogP contribution in [0.4, 0.5) is 0 Å². The van der Waals surface area contributed by atoms with E-state index in [0.29, 0.717) is 5.56 Å². The summed E-state index contributed by atoms with van der Waals surface area (Å²) in [7, 11) is -2.50. The van der Waals surface area contributed by atoms with Gasteiger partial charge in [0.15, 0.2) is 5.78 Å². The van der Waals surface area contributed by atoms with Gasteiger partial charge in [-0.15, -0.1) is 0 Å². The maximum atomic E-state index is 12.7. The van der Waals surface area contributed by atoms with E-state index in [2.05, 4.69) is 0 Å². The highest BCUT2D eigenvalue weighted by Gasteiger charge is 2.30. The van der Waals surface area contributed by atoms with Crippen LogP contribution in [0.25, 0.3) is 0 Å². The van der Waals surface area contributed by atoms with Gasteiger partial charge in [-0.1, -0.05) is 53.0 Å². The van der Waals surface area contributed by atoms with Crippen molar-refractivity contribution >= 4 is 39.0 Å². The Morgan fingerprint density at radius 1 is 1.04 bits per heavy atom. The minimum atomic E-state index is -3.87. The van der Waals surface area contributed by atoms with Crippen LogP contribution in [-0.4, -0.2) is 31.6 Å². The van der Waals surface area contributed by atoms with E-state index in [4.69, 9.17) is 23.2 Å². The summed E-state index contributed by atoms with van der Waals surface area (Å²) in [5.74, 6) is -0.277. The molecule has 0 fully saturated rings. The number of carbonyl (C=O) groups is 1. The molecule has 1 unspecified atom stereocenters. The van der Waals surface area contributed by atoms with Gasteiger partial charge in [0.1, 0.15) is 0 Å². The minimum absolute atomic E-state index is 0.0112. The Hall–Kier alpha value is -1.40. The number of Topliss-reactive ketones (excluding diaryl/α,β-unsaturated/α-hetero) is 1. The summed E-state index contributed by atoms with van der Waals surface area (Å²) in [6.07, 6.45) is 0. The molecule has 0 aliphatic carbocycles. The van der Waals surface area contributed by atoms with Gasteiger partial charge in [-0.05, 0) is 32.0 Å². The topological polar surface area (TPSA) is 54.5 Å². The second-order valence-corrected chi connectivity index (χ2v) is 8.32. The number of aryl methyl sites for hydroxylation is 1. The van der Waals surface area contributed by atoms with Crippen LogP contribution in [0.5, 0.6) is 0 Å². The Morgan fingerprint density at radius 2 is 1.62 bits per heavy atom. The highest BCUT2D eigenvalue weighted by Crippen LogP contribution is 2.27. The molecule has 2 rings (SSSR count). The number of carbonyl (C=O) groups excluding carboxylic acids is 1. The van der Waals surface area contributed by atoms with Crippen LogP contribution in [0.2, 0.25) is 10.0 Å². The van der Waals surface area contributed by atoms with Crippen molar-refractivity contribution in [1.29, 1.82) is 0 Å². The van der Waals surface area contributed by atoms with Gasteiger partial charge in [0.2, 0.25) is 10.0 Å². The molecule has 7 heteroatoms. The molecule has 0 heterocycles. The van der Waals surface area contributed by atoms with Crippen LogP contribution in [0.1, 0.15) is 22.8 Å². The van der Waals surface area contributed by atoms with Crippen LogP contribution in [0, 0.1) is 6.92 Å². The lowest BCUT2D eigenvalue weighted by molar-refractivity contribution is 0.0919. The van der Waals surface area contributed by atoms with E-state index in [1.54, 1.807) is 19.1 Å². The molecule has 2 aromatic rings. The second-order valence-electron chi connectivity index (χ2n) is 5.50. The lowest BCUT2D eigenvalue weighted by Crippen LogP contribution is -2.40. The standard InChI is InChI=1S/C17H17Cl2NO3S/c1-11-4-6-13(7-5-11)17(21)12(2)20(3)24(22,23)14-8-9-15(18)16(19)10-14/h4-10,12H,1-3H3. The number of benzene rings is 2. The summed E-state index contributed by atoms with van der Waals surface area (Å²) < 4.78 is 26.4. The highest BCUT2D eigenvalue weighted by molar-refractivity contribution is 7.89. The molecule has 0 spiro atoms. The van der Waals surface area contributed by atoms with E-state index in [0.717, 1.165) is 9.87 Å². The molecule has 24 heavy (non-hydrogen) atoms. The quantitative estimate of drug-likeness (QED) is 0.724. The Kier molecular flexibility index (Phi) is 5.71. The maximum absolute atomic E-state index is 12.7. The summed E-state index contributed by atoms with van der Waals surface area (Å²) in [6.45, 7) is 3.47. The molecule has 0 saturated heterocycles. The Morgan fingerprint density at radius 3 is 2.17 bits per heavy atom. The van der Waals surface area contributed by atoms with Crippen molar-refractivity contribution in [2.24, 2.45) is 0 Å². The van der Waals surface area contributed by atoms with Crippen LogP contribution in [-0.2, 0) is 10.0 Å². The molecule has 128 valence electrons. The fourth-order valence-electron chi connectivity index (χ4n) is 2.14. The number of halogens is 2. The largest absolute Gasteiger partial charge is 0.292 e. The summed E-state index contributed by atoms with van der Waals surface area (Å²) in [4.78, 5) is 12.5. The first-order valence-corrected chi connectivity index (χ1v) is 9.38. The minimum Gasteiger partial charge on any atom is -0.292 e.